The van der Waals surface area contributed by atoms with Crippen LogP contribution in [0.15, 0.2) is 18.2 Å². The molecule has 0 radical (unpaired) electrons. The van der Waals surface area contributed by atoms with E-state index < -0.39 is 5.60 Å². The molecule has 1 saturated heterocycles. The van der Waals surface area contributed by atoms with Crippen LogP contribution in [-0.4, -0.2) is 35.5 Å². The maximum Gasteiger partial charge on any atom is 0.128 e. The van der Waals surface area contributed by atoms with E-state index in [-0.39, 0.29) is 0 Å². The second-order valence-corrected chi connectivity index (χ2v) is 3.83. The number of ether oxygens (including phenoxy) is 1. The summed E-state index contributed by atoms with van der Waals surface area (Å²) in [6.45, 7) is 1.42. The van der Waals surface area contributed by atoms with Gasteiger partial charge in [0.05, 0.1) is 6.61 Å². The minimum absolute atomic E-state index is 0.377. The Morgan fingerprint density at radius 2 is 2.47 bits per heavy atom. The summed E-state index contributed by atoms with van der Waals surface area (Å²) in [6.07, 6.45) is 0.655. The first-order valence-electron chi connectivity index (χ1n) is 4.95. The molecule has 0 aromatic carbocycles. The van der Waals surface area contributed by atoms with E-state index in [1.54, 1.807) is 6.07 Å². The van der Waals surface area contributed by atoms with E-state index >= 15 is 0 Å². The monoisotopic (exact) mass is 209 g/mol. The Balaban J connectivity index is 1.92. The number of aliphatic hydroxyl groups is 1. The number of anilines is 2. The molecule has 1 unspecified atom stereocenters. The van der Waals surface area contributed by atoms with Crippen LogP contribution in [0, 0.1) is 0 Å². The highest BCUT2D eigenvalue weighted by molar-refractivity contribution is 5.42. The van der Waals surface area contributed by atoms with Crippen molar-refractivity contribution in [3.8, 4) is 0 Å². The first kappa shape index (κ1) is 10.2. The summed E-state index contributed by atoms with van der Waals surface area (Å²) >= 11 is 0. The molecule has 15 heavy (non-hydrogen) atoms. The topological polar surface area (TPSA) is 80.4 Å². The second kappa shape index (κ2) is 4.04. The van der Waals surface area contributed by atoms with E-state index in [4.69, 9.17) is 10.5 Å². The second-order valence-electron chi connectivity index (χ2n) is 3.83. The molecule has 2 heterocycles. The highest BCUT2D eigenvalue weighted by Crippen LogP contribution is 2.18. The predicted octanol–water partition coefficient (Wildman–Crippen LogP) is 0.227. The average molecular weight is 209 g/mol. The van der Waals surface area contributed by atoms with Crippen LogP contribution < -0.4 is 11.1 Å². The largest absolute Gasteiger partial charge is 0.386 e. The third-order valence-electron chi connectivity index (χ3n) is 2.45. The van der Waals surface area contributed by atoms with Gasteiger partial charge in [-0.2, -0.15) is 0 Å². The molecule has 0 saturated carbocycles. The summed E-state index contributed by atoms with van der Waals surface area (Å²) in [6, 6.07) is 5.36. The third kappa shape index (κ3) is 2.57. The highest BCUT2D eigenvalue weighted by Gasteiger charge is 2.31. The van der Waals surface area contributed by atoms with Crippen molar-refractivity contribution in [2.45, 2.75) is 12.0 Å². The molecule has 1 aromatic heterocycles. The summed E-state index contributed by atoms with van der Waals surface area (Å²) in [4.78, 5) is 4.08. The van der Waals surface area contributed by atoms with Gasteiger partial charge < -0.3 is 20.9 Å². The number of nitrogens with two attached hydrogens (primary N) is 1. The van der Waals surface area contributed by atoms with Gasteiger partial charge in [-0.25, -0.2) is 4.98 Å². The normalized spacial score (nSPS) is 25.4. The SMILES string of the molecule is Nc1cccc(NCC2(O)CCOC2)n1. The van der Waals surface area contributed by atoms with Crippen LogP contribution in [0.25, 0.3) is 0 Å². The molecule has 5 nitrogen and oxygen atoms in total. The van der Waals surface area contributed by atoms with Gasteiger partial charge in [0.1, 0.15) is 17.2 Å². The average Bonchev–Trinajstić information content (AvgIpc) is 2.63. The molecule has 82 valence electrons. The van der Waals surface area contributed by atoms with Gasteiger partial charge in [-0.15, -0.1) is 0 Å². The van der Waals surface area contributed by atoms with E-state index in [1.807, 2.05) is 12.1 Å². The van der Waals surface area contributed by atoms with E-state index in [9.17, 15) is 5.11 Å². The summed E-state index contributed by atoms with van der Waals surface area (Å²) in [5.41, 5.74) is 4.77. The Kier molecular flexibility index (Phi) is 2.75. The molecule has 1 aliphatic heterocycles. The molecular formula is C10H15N3O2. The Morgan fingerprint density at radius 1 is 1.60 bits per heavy atom. The molecular weight excluding hydrogens is 194 g/mol. The number of nitrogens with one attached hydrogen (secondary N) is 1. The molecule has 1 aromatic rings. The van der Waals surface area contributed by atoms with Crippen molar-refractivity contribution in [2.24, 2.45) is 0 Å². The molecule has 0 amide bonds. The molecule has 1 atom stereocenters. The third-order valence-corrected chi connectivity index (χ3v) is 2.45. The van der Waals surface area contributed by atoms with Crippen molar-refractivity contribution in [3.05, 3.63) is 18.2 Å². The minimum atomic E-state index is -0.772. The quantitative estimate of drug-likeness (QED) is 0.664. The number of hydrogen-bond acceptors (Lipinski definition) is 5. The fraction of sp³-hybridized carbons (Fsp3) is 0.500. The van der Waals surface area contributed by atoms with Crippen molar-refractivity contribution in [1.82, 2.24) is 4.98 Å². The van der Waals surface area contributed by atoms with E-state index in [2.05, 4.69) is 10.3 Å². The van der Waals surface area contributed by atoms with E-state index in [0.717, 1.165) is 0 Å². The lowest BCUT2D eigenvalue weighted by Crippen LogP contribution is -2.37. The molecule has 1 aliphatic rings. The van der Waals surface area contributed by atoms with Crippen LogP contribution in [-0.2, 0) is 4.74 Å². The predicted molar refractivity (Wildman–Crippen MR) is 57.5 cm³/mol. The van der Waals surface area contributed by atoms with Gasteiger partial charge in [0.15, 0.2) is 0 Å². The Bertz CT molecular complexity index is 337. The standard InChI is InChI=1S/C10H15N3O2/c11-8-2-1-3-9(13-8)12-6-10(14)4-5-15-7-10/h1-3,14H,4-7H2,(H3,11,12,13). The van der Waals surface area contributed by atoms with Gasteiger partial charge >= 0.3 is 0 Å². The zero-order valence-electron chi connectivity index (χ0n) is 8.44. The van der Waals surface area contributed by atoms with Crippen LogP contribution in [0.1, 0.15) is 6.42 Å². The van der Waals surface area contributed by atoms with Crippen LogP contribution >= 0.6 is 0 Å². The number of rotatable bonds is 3. The lowest BCUT2D eigenvalue weighted by atomic mass is 10.0. The van der Waals surface area contributed by atoms with Crippen molar-refractivity contribution >= 4 is 11.6 Å². The molecule has 1 fully saturated rings. The number of nitrogens with zero attached hydrogens (tertiary/aromatic N) is 1. The van der Waals surface area contributed by atoms with Crippen molar-refractivity contribution < 1.29 is 9.84 Å². The summed E-state index contributed by atoms with van der Waals surface area (Å²) < 4.78 is 5.14. The number of aromatic nitrogens is 1. The van der Waals surface area contributed by atoms with Gasteiger partial charge in [0.2, 0.25) is 0 Å². The number of hydrogen-bond donors (Lipinski definition) is 3. The summed E-state index contributed by atoms with van der Waals surface area (Å²) in [5, 5.41) is 13.0. The van der Waals surface area contributed by atoms with Crippen molar-refractivity contribution in [3.63, 3.8) is 0 Å². The Hall–Kier alpha value is -1.33. The molecule has 0 bridgehead atoms. The van der Waals surface area contributed by atoms with Crippen LogP contribution in [0.4, 0.5) is 11.6 Å². The summed E-state index contributed by atoms with van der Waals surface area (Å²) in [7, 11) is 0. The van der Waals surface area contributed by atoms with Gasteiger partial charge in [-0.1, -0.05) is 6.07 Å². The molecule has 0 aliphatic carbocycles. The highest BCUT2D eigenvalue weighted by atomic mass is 16.5. The molecule has 0 spiro atoms. The molecule has 5 heteroatoms. The van der Waals surface area contributed by atoms with Crippen LogP contribution in [0.2, 0.25) is 0 Å². The minimum Gasteiger partial charge on any atom is -0.386 e. The Labute approximate surface area is 88.3 Å². The fourth-order valence-electron chi connectivity index (χ4n) is 1.54. The fourth-order valence-corrected chi connectivity index (χ4v) is 1.54. The lowest BCUT2D eigenvalue weighted by Gasteiger charge is -2.20. The maximum atomic E-state index is 9.98. The van der Waals surface area contributed by atoms with Crippen molar-refractivity contribution in [2.75, 3.05) is 30.8 Å². The lowest BCUT2D eigenvalue weighted by molar-refractivity contribution is 0.0381. The van der Waals surface area contributed by atoms with Gasteiger partial charge in [-0.05, 0) is 12.1 Å². The van der Waals surface area contributed by atoms with E-state index in [1.165, 1.54) is 0 Å². The summed E-state index contributed by atoms with van der Waals surface area (Å²) in [5.74, 6) is 1.14. The van der Waals surface area contributed by atoms with Gasteiger partial charge in [0.25, 0.3) is 0 Å². The van der Waals surface area contributed by atoms with Crippen molar-refractivity contribution in [1.29, 1.82) is 0 Å². The molecule has 2 rings (SSSR count). The zero-order chi connectivity index (χ0) is 10.7. The van der Waals surface area contributed by atoms with Crippen LogP contribution in [0.5, 0.6) is 0 Å². The number of pyridine rings is 1. The van der Waals surface area contributed by atoms with Crippen LogP contribution in [0.3, 0.4) is 0 Å². The zero-order valence-corrected chi connectivity index (χ0v) is 8.44. The first-order chi connectivity index (χ1) is 7.18. The van der Waals surface area contributed by atoms with Gasteiger partial charge in [0, 0.05) is 19.6 Å². The molecule has 4 N–H and O–H groups in total. The smallest absolute Gasteiger partial charge is 0.128 e. The Morgan fingerprint density at radius 3 is 3.13 bits per heavy atom. The van der Waals surface area contributed by atoms with E-state index in [0.29, 0.717) is 37.8 Å². The first-order valence-corrected chi connectivity index (χ1v) is 4.95. The van der Waals surface area contributed by atoms with Gasteiger partial charge in [-0.3, -0.25) is 0 Å². The maximum absolute atomic E-state index is 9.98. The number of nitrogen functional groups attached to an aromatic ring is 1.